The topological polar surface area (TPSA) is 33.5 Å². The number of piperidine rings is 1. The van der Waals surface area contributed by atoms with Crippen LogP contribution in [0.4, 0.5) is 14.5 Å². The molecule has 3 nitrogen and oxygen atoms in total. The van der Waals surface area contributed by atoms with Gasteiger partial charge in [-0.1, -0.05) is 13.8 Å². The Kier molecular flexibility index (Phi) is 4.70. The van der Waals surface area contributed by atoms with Gasteiger partial charge in [0.25, 0.3) is 5.91 Å². The van der Waals surface area contributed by atoms with Crippen molar-refractivity contribution in [3.05, 3.63) is 29.8 Å². The molecule has 0 radical (unpaired) electrons. The summed E-state index contributed by atoms with van der Waals surface area (Å²) in [5, 5.41) is 2.45. The molecule has 0 aromatic heterocycles. The number of hydrogen-bond acceptors (Lipinski definition) is 1. The number of rotatable bonds is 3. The zero-order chi connectivity index (χ0) is 14.7. The summed E-state index contributed by atoms with van der Waals surface area (Å²) >= 11 is 0. The standard InChI is InChI=1S/C15H20F2N2O/c1-10-5-11(2)8-19(7-10)9-15(20)18-14-6-12(16)3-4-13(14)17/h3-4,6,10-11H,5,7-9H2,1-2H3,(H,18,20)/p+1/t10-,11-/m1/s1. The fraction of sp³-hybridized carbons (Fsp3) is 0.533. The SMILES string of the molecule is C[C@@H]1C[C@@H](C)C[NH+](CC(=O)Nc2cc(F)ccc2F)C1. The van der Waals surface area contributed by atoms with E-state index in [1.54, 1.807) is 0 Å². The highest BCUT2D eigenvalue weighted by Crippen LogP contribution is 2.15. The van der Waals surface area contributed by atoms with Gasteiger partial charge >= 0.3 is 0 Å². The Morgan fingerprint density at radius 1 is 1.30 bits per heavy atom. The van der Waals surface area contributed by atoms with E-state index in [-0.39, 0.29) is 11.6 Å². The minimum atomic E-state index is -0.616. The number of carbonyl (C=O) groups excluding carboxylic acids is 1. The van der Waals surface area contributed by atoms with Crippen molar-refractivity contribution >= 4 is 11.6 Å². The number of anilines is 1. The van der Waals surface area contributed by atoms with E-state index in [0.29, 0.717) is 18.4 Å². The van der Waals surface area contributed by atoms with Crippen LogP contribution in [0.1, 0.15) is 20.3 Å². The summed E-state index contributed by atoms with van der Waals surface area (Å²) in [5.41, 5.74) is -0.0903. The van der Waals surface area contributed by atoms with Gasteiger partial charge in [-0.25, -0.2) is 8.78 Å². The maximum absolute atomic E-state index is 13.4. The van der Waals surface area contributed by atoms with Crippen molar-refractivity contribution in [2.75, 3.05) is 25.0 Å². The van der Waals surface area contributed by atoms with Crippen molar-refractivity contribution in [3.63, 3.8) is 0 Å². The smallest absolute Gasteiger partial charge is 0.279 e. The molecular weight excluding hydrogens is 262 g/mol. The van der Waals surface area contributed by atoms with Crippen molar-refractivity contribution in [2.24, 2.45) is 11.8 Å². The minimum absolute atomic E-state index is 0.0903. The van der Waals surface area contributed by atoms with E-state index >= 15 is 0 Å². The third kappa shape index (κ3) is 4.00. The van der Waals surface area contributed by atoms with Gasteiger partial charge in [-0.15, -0.1) is 0 Å². The van der Waals surface area contributed by atoms with Crippen LogP contribution < -0.4 is 10.2 Å². The van der Waals surface area contributed by atoms with Crippen LogP contribution in [0.3, 0.4) is 0 Å². The number of quaternary nitrogens is 1. The lowest BCUT2D eigenvalue weighted by Crippen LogP contribution is -3.15. The largest absolute Gasteiger partial charge is 0.327 e. The molecule has 0 aliphatic carbocycles. The first-order valence-corrected chi connectivity index (χ1v) is 7.02. The Morgan fingerprint density at radius 3 is 2.60 bits per heavy atom. The van der Waals surface area contributed by atoms with E-state index in [0.717, 1.165) is 31.3 Å². The van der Waals surface area contributed by atoms with E-state index in [1.807, 2.05) is 0 Å². The van der Waals surface area contributed by atoms with Crippen molar-refractivity contribution in [3.8, 4) is 0 Å². The Balaban J connectivity index is 1.93. The van der Waals surface area contributed by atoms with Crippen molar-refractivity contribution < 1.29 is 18.5 Å². The second-order valence-corrected chi connectivity index (χ2v) is 5.95. The number of nitrogens with one attached hydrogen (secondary N) is 2. The number of hydrogen-bond donors (Lipinski definition) is 2. The zero-order valence-corrected chi connectivity index (χ0v) is 11.9. The van der Waals surface area contributed by atoms with Crippen LogP contribution in [0.15, 0.2) is 18.2 Å². The molecule has 5 heteroatoms. The molecule has 0 saturated carbocycles. The van der Waals surface area contributed by atoms with Gasteiger partial charge < -0.3 is 10.2 Å². The fourth-order valence-electron chi connectivity index (χ4n) is 3.08. The lowest BCUT2D eigenvalue weighted by molar-refractivity contribution is -0.904. The Labute approximate surface area is 118 Å². The van der Waals surface area contributed by atoms with Gasteiger partial charge in [0, 0.05) is 17.9 Å². The van der Waals surface area contributed by atoms with Crippen molar-refractivity contribution in [1.82, 2.24) is 0 Å². The summed E-state index contributed by atoms with van der Waals surface area (Å²) in [6, 6.07) is 3.05. The Bertz CT molecular complexity index is 483. The first-order chi connectivity index (χ1) is 9.44. The van der Waals surface area contributed by atoms with E-state index in [4.69, 9.17) is 0 Å². The first kappa shape index (κ1) is 14.9. The molecule has 20 heavy (non-hydrogen) atoms. The summed E-state index contributed by atoms with van der Waals surface area (Å²) < 4.78 is 26.5. The highest BCUT2D eigenvalue weighted by atomic mass is 19.1. The Morgan fingerprint density at radius 2 is 1.95 bits per heavy atom. The quantitative estimate of drug-likeness (QED) is 0.865. The van der Waals surface area contributed by atoms with Gasteiger partial charge in [0.05, 0.1) is 18.8 Å². The van der Waals surface area contributed by atoms with Crippen molar-refractivity contribution in [2.45, 2.75) is 20.3 Å². The fourth-order valence-corrected chi connectivity index (χ4v) is 3.08. The number of amides is 1. The summed E-state index contributed by atoms with van der Waals surface area (Å²) in [7, 11) is 0. The van der Waals surface area contributed by atoms with E-state index < -0.39 is 11.6 Å². The molecule has 1 aliphatic rings. The molecule has 2 atom stereocenters. The molecule has 2 N–H and O–H groups in total. The van der Waals surface area contributed by atoms with E-state index in [2.05, 4.69) is 19.2 Å². The van der Waals surface area contributed by atoms with Gasteiger partial charge in [-0.2, -0.15) is 0 Å². The average Bonchev–Trinajstić information content (AvgIpc) is 2.32. The summed E-state index contributed by atoms with van der Waals surface area (Å²) in [4.78, 5) is 13.1. The second-order valence-electron chi connectivity index (χ2n) is 5.95. The third-order valence-electron chi connectivity index (χ3n) is 3.69. The lowest BCUT2D eigenvalue weighted by Gasteiger charge is -2.31. The van der Waals surface area contributed by atoms with Crippen LogP contribution in [0.25, 0.3) is 0 Å². The van der Waals surface area contributed by atoms with Gasteiger partial charge in [-0.3, -0.25) is 4.79 Å². The summed E-state index contributed by atoms with van der Waals surface area (Å²) in [6.45, 7) is 6.55. The molecular formula is C15H21F2N2O+. The molecule has 2 rings (SSSR count). The molecule has 1 amide bonds. The number of halogens is 2. The zero-order valence-electron chi connectivity index (χ0n) is 11.9. The van der Waals surface area contributed by atoms with Crippen LogP contribution in [0.2, 0.25) is 0 Å². The molecule has 0 unspecified atom stereocenters. The molecule has 110 valence electrons. The van der Waals surface area contributed by atoms with Crippen LogP contribution in [-0.4, -0.2) is 25.5 Å². The normalized spacial score (nSPS) is 26.3. The molecule has 1 aromatic carbocycles. The number of likely N-dealkylation sites (tertiary alicyclic amines) is 1. The van der Waals surface area contributed by atoms with E-state index in [1.165, 1.54) is 11.3 Å². The molecule has 1 saturated heterocycles. The van der Waals surface area contributed by atoms with Crippen LogP contribution in [0.5, 0.6) is 0 Å². The molecule has 0 spiro atoms. The van der Waals surface area contributed by atoms with E-state index in [9.17, 15) is 13.6 Å². The van der Waals surface area contributed by atoms with Crippen LogP contribution >= 0.6 is 0 Å². The third-order valence-corrected chi connectivity index (χ3v) is 3.69. The number of carbonyl (C=O) groups is 1. The maximum atomic E-state index is 13.4. The predicted octanol–water partition coefficient (Wildman–Crippen LogP) is 1.46. The maximum Gasteiger partial charge on any atom is 0.279 e. The summed E-state index contributed by atoms with van der Waals surface area (Å²) in [5.74, 6) is -0.268. The lowest BCUT2D eigenvalue weighted by atomic mass is 9.92. The van der Waals surface area contributed by atoms with Crippen LogP contribution in [-0.2, 0) is 4.79 Å². The predicted molar refractivity (Wildman–Crippen MR) is 73.5 cm³/mol. The molecule has 1 heterocycles. The minimum Gasteiger partial charge on any atom is -0.327 e. The average molecular weight is 283 g/mol. The molecule has 0 bridgehead atoms. The number of benzene rings is 1. The molecule has 1 aromatic rings. The van der Waals surface area contributed by atoms with Gasteiger partial charge in [0.15, 0.2) is 6.54 Å². The van der Waals surface area contributed by atoms with Gasteiger partial charge in [0.2, 0.25) is 0 Å². The summed E-state index contributed by atoms with van der Waals surface area (Å²) in [6.07, 6.45) is 1.18. The highest BCUT2D eigenvalue weighted by molar-refractivity contribution is 5.91. The second kappa shape index (κ2) is 6.31. The molecule has 1 fully saturated rings. The van der Waals surface area contributed by atoms with Crippen molar-refractivity contribution in [1.29, 1.82) is 0 Å². The van der Waals surface area contributed by atoms with Gasteiger partial charge in [-0.05, 0) is 18.6 Å². The monoisotopic (exact) mass is 283 g/mol. The van der Waals surface area contributed by atoms with Gasteiger partial charge in [0.1, 0.15) is 11.6 Å². The Hall–Kier alpha value is -1.49. The highest BCUT2D eigenvalue weighted by Gasteiger charge is 2.26. The van der Waals surface area contributed by atoms with Crippen LogP contribution in [0, 0.1) is 23.5 Å². The molecule has 1 aliphatic heterocycles. The first-order valence-electron chi connectivity index (χ1n) is 7.02.